The van der Waals surface area contributed by atoms with E-state index in [9.17, 15) is 9.59 Å². The van der Waals surface area contributed by atoms with Crippen LogP contribution in [0, 0.1) is 0 Å². The van der Waals surface area contributed by atoms with E-state index >= 15 is 0 Å². The number of carboxylic acid groups (broad SMARTS) is 1. The average Bonchev–Trinajstić information content (AvgIpc) is 2.00. The Labute approximate surface area is 75.4 Å². The van der Waals surface area contributed by atoms with Crippen molar-refractivity contribution < 1.29 is 30.0 Å². The molecule has 0 aliphatic carbocycles. The van der Waals surface area contributed by atoms with Crippen LogP contribution in [0.3, 0.4) is 0 Å². The zero-order valence-corrected chi connectivity index (χ0v) is 7.15. The number of aliphatic hydroxyl groups excluding tert-OH is 1. The van der Waals surface area contributed by atoms with E-state index in [1.54, 1.807) is 0 Å². The molecule has 6 heteroatoms. The second-order valence-corrected chi connectivity index (χ2v) is 2.19. The van der Waals surface area contributed by atoms with Crippen LogP contribution in [0.15, 0.2) is 0 Å². The van der Waals surface area contributed by atoms with Gasteiger partial charge in [0.1, 0.15) is 6.61 Å². The van der Waals surface area contributed by atoms with Crippen molar-refractivity contribution in [3.05, 3.63) is 0 Å². The van der Waals surface area contributed by atoms with Crippen LogP contribution in [-0.2, 0) is 14.3 Å². The van der Waals surface area contributed by atoms with Crippen molar-refractivity contribution in [2.24, 2.45) is 0 Å². The molecule has 0 aromatic carbocycles. The van der Waals surface area contributed by atoms with Crippen LogP contribution >= 0.6 is 0 Å². The van der Waals surface area contributed by atoms with Crippen LogP contribution in [0.4, 0.5) is 0 Å². The Morgan fingerprint density at radius 3 is 2.31 bits per heavy atom. The maximum absolute atomic E-state index is 10.7. The summed E-state index contributed by atoms with van der Waals surface area (Å²) in [6.45, 7) is -0.226. The van der Waals surface area contributed by atoms with Crippen molar-refractivity contribution in [3.8, 4) is 0 Å². The molecule has 0 fully saturated rings. The maximum Gasteiger partial charge on any atom is 0.305 e. The molecule has 78 valence electrons. The highest BCUT2D eigenvalue weighted by Gasteiger charge is 2.03. The van der Waals surface area contributed by atoms with Crippen LogP contribution in [0.2, 0.25) is 0 Å². The number of ether oxygens (including phenoxy) is 1. The molecule has 0 unspecified atom stereocenters. The third-order valence-electron chi connectivity index (χ3n) is 1.13. The highest BCUT2D eigenvalue weighted by molar-refractivity contribution is 5.71. The fraction of sp³-hybridized carbons (Fsp3) is 0.714. The topological polar surface area (TPSA) is 115 Å². The average molecular weight is 194 g/mol. The van der Waals surface area contributed by atoms with E-state index in [1.165, 1.54) is 0 Å². The number of esters is 1. The van der Waals surface area contributed by atoms with E-state index in [0.717, 1.165) is 0 Å². The Morgan fingerprint density at radius 1 is 1.23 bits per heavy atom. The molecule has 0 aliphatic rings. The van der Waals surface area contributed by atoms with Gasteiger partial charge in [-0.3, -0.25) is 9.59 Å². The summed E-state index contributed by atoms with van der Waals surface area (Å²) in [5.74, 6) is -1.39. The zero-order chi connectivity index (χ0) is 9.40. The first kappa shape index (κ1) is 14.4. The van der Waals surface area contributed by atoms with Gasteiger partial charge in [-0.15, -0.1) is 0 Å². The molecule has 0 aromatic heterocycles. The number of carbonyl (C=O) groups is 2. The summed E-state index contributed by atoms with van der Waals surface area (Å²) >= 11 is 0. The lowest BCUT2D eigenvalue weighted by Crippen LogP contribution is -2.08. The van der Waals surface area contributed by atoms with Gasteiger partial charge in [0.2, 0.25) is 0 Å². The van der Waals surface area contributed by atoms with Gasteiger partial charge in [0, 0.05) is 12.8 Å². The normalized spacial score (nSPS) is 8.69. The highest BCUT2D eigenvalue weighted by Crippen LogP contribution is 1.97. The molecule has 0 saturated heterocycles. The van der Waals surface area contributed by atoms with E-state index in [-0.39, 0.29) is 38.0 Å². The molecule has 0 spiro atoms. The molecular formula is C7H14O6. The number of hydrogen-bond acceptors (Lipinski definition) is 4. The van der Waals surface area contributed by atoms with Crippen LogP contribution in [0.5, 0.6) is 0 Å². The number of aliphatic hydroxyl groups is 1. The molecule has 0 aliphatic heterocycles. The first-order valence-corrected chi connectivity index (χ1v) is 3.65. The molecule has 0 amide bonds. The van der Waals surface area contributed by atoms with Crippen molar-refractivity contribution in [1.82, 2.24) is 0 Å². The van der Waals surface area contributed by atoms with Crippen molar-refractivity contribution in [2.45, 2.75) is 19.3 Å². The quantitative estimate of drug-likeness (QED) is 0.523. The summed E-state index contributed by atoms with van der Waals surface area (Å²) < 4.78 is 4.49. The fourth-order valence-electron chi connectivity index (χ4n) is 0.616. The number of rotatable bonds is 6. The lowest BCUT2D eigenvalue weighted by atomic mass is 10.2. The lowest BCUT2D eigenvalue weighted by molar-refractivity contribution is -0.145. The molecule has 0 bridgehead atoms. The van der Waals surface area contributed by atoms with Gasteiger partial charge in [-0.1, -0.05) is 0 Å². The minimum atomic E-state index is -0.926. The highest BCUT2D eigenvalue weighted by atomic mass is 16.5. The molecule has 0 radical (unpaired) electrons. The van der Waals surface area contributed by atoms with Gasteiger partial charge < -0.3 is 20.4 Å². The Balaban J connectivity index is 0. The Morgan fingerprint density at radius 2 is 1.85 bits per heavy atom. The van der Waals surface area contributed by atoms with Gasteiger partial charge in [0.15, 0.2) is 0 Å². The van der Waals surface area contributed by atoms with Crippen LogP contribution < -0.4 is 0 Å². The summed E-state index contributed by atoms with van der Waals surface area (Å²) in [7, 11) is 0. The molecule has 6 nitrogen and oxygen atoms in total. The zero-order valence-electron chi connectivity index (χ0n) is 7.15. The second-order valence-electron chi connectivity index (χ2n) is 2.19. The Bertz CT molecular complexity index is 155. The molecule has 0 heterocycles. The molecule has 0 rings (SSSR count). The molecule has 0 saturated carbocycles. The van der Waals surface area contributed by atoms with E-state index in [2.05, 4.69) is 4.74 Å². The van der Waals surface area contributed by atoms with Gasteiger partial charge in [-0.2, -0.15) is 0 Å². The summed E-state index contributed by atoms with van der Waals surface area (Å²) in [6, 6.07) is 0. The van der Waals surface area contributed by atoms with Gasteiger partial charge in [0.25, 0.3) is 0 Å². The minimum Gasteiger partial charge on any atom is -0.481 e. The van der Waals surface area contributed by atoms with Crippen molar-refractivity contribution in [2.75, 3.05) is 13.2 Å². The van der Waals surface area contributed by atoms with Crippen LogP contribution in [0.1, 0.15) is 19.3 Å². The molecule has 0 atom stereocenters. The van der Waals surface area contributed by atoms with E-state index in [1.807, 2.05) is 0 Å². The monoisotopic (exact) mass is 194 g/mol. The lowest BCUT2D eigenvalue weighted by Gasteiger charge is -2.00. The Hall–Kier alpha value is -1.14. The largest absolute Gasteiger partial charge is 0.481 e. The minimum absolute atomic E-state index is 0. The van der Waals surface area contributed by atoms with Gasteiger partial charge >= 0.3 is 11.9 Å². The summed E-state index contributed by atoms with van der Waals surface area (Å²) in [4.78, 5) is 20.7. The number of carbonyl (C=O) groups excluding carboxylic acids is 1. The molecule has 4 N–H and O–H groups in total. The van der Waals surface area contributed by atoms with E-state index in [0.29, 0.717) is 0 Å². The molecule has 13 heavy (non-hydrogen) atoms. The maximum atomic E-state index is 10.7. The van der Waals surface area contributed by atoms with Crippen LogP contribution in [0.25, 0.3) is 0 Å². The first-order chi connectivity index (χ1) is 5.66. The number of carboxylic acids is 1. The third-order valence-corrected chi connectivity index (χ3v) is 1.13. The molecular weight excluding hydrogens is 180 g/mol. The smallest absolute Gasteiger partial charge is 0.305 e. The van der Waals surface area contributed by atoms with Crippen LogP contribution in [-0.4, -0.2) is 40.8 Å². The van der Waals surface area contributed by atoms with Gasteiger partial charge in [0.05, 0.1) is 6.61 Å². The SMILES string of the molecule is O.O=C(O)CCCC(=O)OCCO. The summed E-state index contributed by atoms with van der Waals surface area (Å²) in [5, 5.41) is 16.5. The van der Waals surface area contributed by atoms with Crippen molar-refractivity contribution >= 4 is 11.9 Å². The van der Waals surface area contributed by atoms with E-state index in [4.69, 9.17) is 10.2 Å². The van der Waals surface area contributed by atoms with Gasteiger partial charge in [-0.25, -0.2) is 0 Å². The van der Waals surface area contributed by atoms with Gasteiger partial charge in [-0.05, 0) is 6.42 Å². The van der Waals surface area contributed by atoms with Crippen molar-refractivity contribution in [3.63, 3.8) is 0 Å². The molecule has 0 aromatic rings. The Kier molecular flexibility index (Phi) is 9.91. The fourth-order valence-corrected chi connectivity index (χ4v) is 0.616. The van der Waals surface area contributed by atoms with Crippen molar-refractivity contribution in [1.29, 1.82) is 0 Å². The number of aliphatic carboxylic acids is 1. The standard InChI is InChI=1S/C7H12O5.H2O/c8-4-5-12-7(11)3-1-2-6(9)10;/h8H,1-5H2,(H,9,10);1H2. The summed E-state index contributed by atoms with van der Waals surface area (Å²) in [5.41, 5.74) is 0. The summed E-state index contributed by atoms with van der Waals surface area (Å²) in [6.07, 6.45) is 0.333. The third kappa shape index (κ3) is 10.9. The first-order valence-electron chi connectivity index (χ1n) is 3.65. The second kappa shape index (κ2) is 8.95. The van der Waals surface area contributed by atoms with E-state index < -0.39 is 11.9 Å². The number of hydrogen-bond donors (Lipinski definition) is 2. The predicted molar refractivity (Wildman–Crippen MR) is 43.1 cm³/mol. The predicted octanol–water partition coefficient (Wildman–Crippen LogP) is -1.05.